The lowest BCUT2D eigenvalue weighted by Crippen LogP contribution is -2.23. The van der Waals surface area contributed by atoms with Gasteiger partial charge >= 0.3 is 0 Å². The van der Waals surface area contributed by atoms with Crippen LogP contribution in [0.2, 0.25) is 0 Å². The van der Waals surface area contributed by atoms with Gasteiger partial charge in [0.1, 0.15) is 23.4 Å². The van der Waals surface area contributed by atoms with Crippen LogP contribution >= 0.6 is 0 Å². The van der Waals surface area contributed by atoms with Gasteiger partial charge in [0.25, 0.3) is 0 Å². The molecule has 0 fully saturated rings. The van der Waals surface area contributed by atoms with Crippen molar-refractivity contribution >= 4 is 5.82 Å². The Bertz CT molecular complexity index is 838. The summed E-state index contributed by atoms with van der Waals surface area (Å²) >= 11 is 0. The lowest BCUT2D eigenvalue weighted by atomic mass is 10.2. The van der Waals surface area contributed by atoms with Crippen molar-refractivity contribution in [3.63, 3.8) is 0 Å². The van der Waals surface area contributed by atoms with Crippen LogP contribution < -0.4 is 14.8 Å². The maximum Gasteiger partial charge on any atom is 0.163 e. The van der Waals surface area contributed by atoms with Crippen molar-refractivity contribution in [3.8, 4) is 22.9 Å². The molecule has 26 heavy (non-hydrogen) atoms. The largest absolute Gasteiger partial charge is 0.497 e. The molecule has 0 bridgehead atoms. The van der Waals surface area contributed by atoms with Gasteiger partial charge in [-0.15, -0.1) is 0 Å². The SMILES string of the molecule is COc1ccc(OC(C)CNc2cc(C)nc(-c3cccnc3)n2)cc1. The normalized spacial score (nSPS) is 11.7. The van der Waals surface area contributed by atoms with Gasteiger partial charge in [0.2, 0.25) is 0 Å². The second-order valence-electron chi connectivity index (χ2n) is 5.94. The highest BCUT2D eigenvalue weighted by Crippen LogP contribution is 2.19. The minimum atomic E-state index is -0.0273. The molecule has 1 N–H and O–H groups in total. The van der Waals surface area contributed by atoms with Gasteiger partial charge in [-0.1, -0.05) is 0 Å². The average Bonchev–Trinajstić information content (AvgIpc) is 2.67. The van der Waals surface area contributed by atoms with Crippen molar-refractivity contribution in [2.24, 2.45) is 0 Å². The topological polar surface area (TPSA) is 69.2 Å². The standard InChI is InChI=1S/C20H22N4O2/c1-14-11-19(24-20(23-14)16-5-4-10-21-13-16)22-12-15(2)26-18-8-6-17(25-3)7-9-18/h4-11,13,15H,12H2,1-3H3,(H,22,23,24). The third-order valence-corrected chi connectivity index (χ3v) is 3.74. The predicted octanol–water partition coefficient (Wildman–Crippen LogP) is 3.74. The van der Waals surface area contributed by atoms with E-state index in [-0.39, 0.29) is 6.10 Å². The van der Waals surface area contributed by atoms with Crippen LogP contribution in [0, 0.1) is 6.92 Å². The summed E-state index contributed by atoms with van der Waals surface area (Å²) in [5.41, 5.74) is 1.78. The summed E-state index contributed by atoms with van der Waals surface area (Å²) in [6.45, 7) is 4.58. The Balaban J connectivity index is 1.62. The van der Waals surface area contributed by atoms with E-state index < -0.39 is 0 Å². The molecule has 0 saturated carbocycles. The smallest absolute Gasteiger partial charge is 0.163 e. The van der Waals surface area contributed by atoms with Crippen LogP contribution in [0.1, 0.15) is 12.6 Å². The molecular weight excluding hydrogens is 328 g/mol. The molecule has 0 saturated heterocycles. The minimum Gasteiger partial charge on any atom is -0.497 e. The van der Waals surface area contributed by atoms with Gasteiger partial charge in [0.05, 0.1) is 13.7 Å². The number of aromatic nitrogens is 3. The Morgan fingerprint density at radius 2 is 1.85 bits per heavy atom. The Morgan fingerprint density at radius 1 is 1.08 bits per heavy atom. The summed E-state index contributed by atoms with van der Waals surface area (Å²) in [7, 11) is 1.64. The van der Waals surface area contributed by atoms with Gasteiger partial charge in [-0.3, -0.25) is 4.98 Å². The maximum absolute atomic E-state index is 5.91. The number of ether oxygens (including phenoxy) is 2. The molecule has 3 aromatic rings. The Labute approximate surface area is 153 Å². The highest BCUT2D eigenvalue weighted by Gasteiger charge is 2.08. The van der Waals surface area contributed by atoms with Crippen molar-refractivity contribution in [1.29, 1.82) is 0 Å². The third kappa shape index (κ3) is 4.69. The van der Waals surface area contributed by atoms with E-state index in [1.54, 1.807) is 19.5 Å². The number of anilines is 1. The van der Waals surface area contributed by atoms with Crippen LogP contribution in [0.5, 0.6) is 11.5 Å². The summed E-state index contributed by atoms with van der Waals surface area (Å²) in [5.74, 6) is 3.03. The third-order valence-electron chi connectivity index (χ3n) is 3.74. The molecular formula is C20H22N4O2. The fourth-order valence-corrected chi connectivity index (χ4v) is 2.46. The predicted molar refractivity (Wildman–Crippen MR) is 102 cm³/mol. The van der Waals surface area contributed by atoms with Crippen LogP contribution in [0.15, 0.2) is 54.9 Å². The first kappa shape index (κ1) is 17.7. The fourth-order valence-electron chi connectivity index (χ4n) is 2.46. The molecule has 134 valence electrons. The molecule has 6 nitrogen and oxygen atoms in total. The van der Waals surface area contributed by atoms with E-state index >= 15 is 0 Å². The summed E-state index contributed by atoms with van der Waals surface area (Å²) < 4.78 is 11.1. The molecule has 0 amide bonds. The minimum absolute atomic E-state index is 0.0273. The van der Waals surface area contributed by atoms with Crippen molar-refractivity contribution in [2.45, 2.75) is 20.0 Å². The van der Waals surface area contributed by atoms with E-state index in [1.807, 2.05) is 56.3 Å². The first-order chi connectivity index (χ1) is 12.6. The van der Waals surface area contributed by atoms with E-state index in [0.29, 0.717) is 12.4 Å². The maximum atomic E-state index is 5.91. The van der Waals surface area contributed by atoms with Gasteiger partial charge < -0.3 is 14.8 Å². The second-order valence-corrected chi connectivity index (χ2v) is 5.94. The molecule has 0 aliphatic rings. The van der Waals surface area contributed by atoms with Crippen LogP contribution in [0.25, 0.3) is 11.4 Å². The number of nitrogens with zero attached hydrogens (tertiary/aromatic N) is 3. The monoisotopic (exact) mass is 350 g/mol. The van der Waals surface area contributed by atoms with E-state index in [4.69, 9.17) is 9.47 Å². The lowest BCUT2D eigenvalue weighted by Gasteiger charge is -2.16. The number of aryl methyl sites for hydroxylation is 1. The molecule has 0 radical (unpaired) electrons. The molecule has 0 aliphatic carbocycles. The van der Waals surface area contributed by atoms with Crippen molar-refractivity contribution in [2.75, 3.05) is 19.0 Å². The average molecular weight is 350 g/mol. The van der Waals surface area contributed by atoms with Crippen molar-refractivity contribution in [3.05, 3.63) is 60.6 Å². The number of hydrogen-bond donors (Lipinski definition) is 1. The molecule has 2 aromatic heterocycles. The summed E-state index contributed by atoms with van der Waals surface area (Å²) in [5, 5.41) is 3.32. The molecule has 0 spiro atoms. The Hall–Kier alpha value is -3.15. The van der Waals surface area contributed by atoms with Crippen molar-refractivity contribution < 1.29 is 9.47 Å². The number of methoxy groups -OCH3 is 1. The zero-order valence-corrected chi connectivity index (χ0v) is 15.1. The fraction of sp³-hybridized carbons (Fsp3) is 0.250. The van der Waals surface area contributed by atoms with Gasteiger partial charge in [0, 0.05) is 29.7 Å². The van der Waals surface area contributed by atoms with Crippen LogP contribution in [0.3, 0.4) is 0 Å². The molecule has 3 rings (SSSR count). The van der Waals surface area contributed by atoms with Gasteiger partial charge in [-0.25, -0.2) is 9.97 Å². The van der Waals surface area contributed by atoms with Crippen molar-refractivity contribution in [1.82, 2.24) is 15.0 Å². The highest BCUT2D eigenvalue weighted by atomic mass is 16.5. The van der Waals surface area contributed by atoms with Gasteiger partial charge in [0.15, 0.2) is 5.82 Å². The molecule has 1 unspecified atom stereocenters. The lowest BCUT2D eigenvalue weighted by molar-refractivity contribution is 0.234. The first-order valence-electron chi connectivity index (χ1n) is 8.44. The second kappa shape index (κ2) is 8.29. The molecule has 6 heteroatoms. The number of benzene rings is 1. The zero-order valence-electron chi connectivity index (χ0n) is 15.1. The summed E-state index contributed by atoms with van der Waals surface area (Å²) in [6, 6.07) is 13.3. The van der Waals surface area contributed by atoms with E-state index in [1.165, 1.54) is 0 Å². The molecule has 1 atom stereocenters. The zero-order chi connectivity index (χ0) is 18.4. The van der Waals surface area contributed by atoms with Gasteiger partial charge in [-0.05, 0) is 50.2 Å². The first-order valence-corrected chi connectivity index (χ1v) is 8.44. The molecule has 0 aliphatic heterocycles. The molecule has 1 aromatic carbocycles. The number of nitrogens with one attached hydrogen (secondary N) is 1. The van der Waals surface area contributed by atoms with Gasteiger partial charge in [-0.2, -0.15) is 0 Å². The number of hydrogen-bond acceptors (Lipinski definition) is 6. The number of rotatable bonds is 7. The summed E-state index contributed by atoms with van der Waals surface area (Å²) in [4.78, 5) is 13.2. The van der Waals surface area contributed by atoms with E-state index in [2.05, 4.69) is 20.3 Å². The van der Waals surface area contributed by atoms with Crippen LogP contribution in [0.4, 0.5) is 5.82 Å². The number of pyridine rings is 1. The quantitative estimate of drug-likeness (QED) is 0.700. The Morgan fingerprint density at radius 3 is 2.54 bits per heavy atom. The summed E-state index contributed by atoms with van der Waals surface area (Å²) in [6.07, 6.45) is 3.46. The van der Waals surface area contributed by atoms with E-state index in [9.17, 15) is 0 Å². The van der Waals surface area contributed by atoms with Crippen LogP contribution in [-0.2, 0) is 0 Å². The molecule has 2 heterocycles. The Kier molecular flexibility index (Phi) is 5.63. The van der Waals surface area contributed by atoms with Crippen LogP contribution in [-0.4, -0.2) is 34.7 Å². The van der Waals surface area contributed by atoms with E-state index in [0.717, 1.165) is 28.6 Å². The highest BCUT2D eigenvalue weighted by molar-refractivity contribution is 5.56.